The molecule has 2 aliphatic heterocycles. The Hall–Kier alpha value is -3.18. The van der Waals surface area contributed by atoms with Gasteiger partial charge in [-0.1, -0.05) is 0 Å². The van der Waals surface area contributed by atoms with Gasteiger partial charge in [-0.05, 0) is 50.5 Å². The van der Waals surface area contributed by atoms with Gasteiger partial charge in [-0.25, -0.2) is 18.1 Å². The fourth-order valence-electron chi connectivity index (χ4n) is 4.97. The van der Waals surface area contributed by atoms with Crippen molar-refractivity contribution in [1.82, 2.24) is 20.1 Å². The second-order valence-corrected chi connectivity index (χ2v) is 11.5. The summed E-state index contributed by atoms with van der Waals surface area (Å²) >= 11 is 0. The highest BCUT2D eigenvalue weighted by Gasteiger charge is 2.32. The van der Waals surface area contributed by atoms with Crippen LogP contribution in [0, 0.1) is 6.92 Å². The van der Waals surface area contributed by atoms with Gasteiger partial charge in [0, 0.05) is 18.7 Å². The van der Waals surface area contributed by atoms with E-state index >= 15 is 0 Å². The Balaban J connectivity index is 1.62. The van der Waals surface area contributed by atoms with Gasteiger partial charge in [0.1, 0.15) is 0 Å². The van der Waals surface area contributed by atoms with Crippen LogP contribution in [0.15, 0.2) is 24.3 Å². The maximum absolute atomic E-state index is 13.4. The molecular formula is C25H30N4O6S. The van der Waals surface area contributed by atoms with Crippen LogP contribution in [-0.2, 0) is 14.6 Å². The maximum atomic E-state index is 13.4. The summed E-state index contributed by atoms with van der Waals surface area (Å²) in [5, 5.41) is 8.28. The Labute approximate surface area is 209 Å². The second-order valence-electron chi connectivity index (χ2n) is 9.26. The molecule has 4 heterocycles. The average Bonchev–Trinajstić information content (AvgIpc) is 3.60. The summed E-state index contributed by atoms with van der Waals surface area (Å²) in [6.07, 6.45) is 2.36. The Morgan fingerprint density at radius 1 is 1.19 bits per heavy atom. The quantitative estimate of drug-likeness (QED) is 0.511. The van der Waals surface area contributed by atoms with E-state index in [0.717, 1.165) is 18.4 Å². The van der Waals surface area contributed by atoms with Crippen molar-refractivity contribution in [3.63, 3.8) is 0 Å². The van der Waals surface area contributed by atoms with Gasteiger partial charge in [0.05, 0.1) is 60.2 Å². The minimum atomic E-state index is -3.14. The number of nitrogens with zero attached hydrogens (tertiary/aromatic N) is 3. The minimum Gasteiger partial charge on any atom is -0.493 e. The number of aryl methyl sites for hydroxylation is 1. The SMILES string of the molecule is COc1ccc(-c2cc(C(=O)NCC3CCCO3)c3c(C)nn(C4CCS(=O)(=O)C4)c3n2)cc1OC. The molecule has 3 aromatic rings. The van der Waals surface area contributed by atoms with Crippen molar-refractivity contribution in [2.45, 2.75) is 38.3 Å². The zero-order valence-corrected chi connectivity index (χ0v) is 21.4. The molecule has 5 rings (SSSR count). The fourth-order valence-corrected chi connectivity index (χ4v) is 6.66. The lowest BCUT2D eigenvalue weighted by Crippen LogP contribution is -2.32. The van der Waals surface area contributed by atoms with E-state index in [2.05, 4.69) is 10.4 Å². The molecule has 2 aromatic heterocycles. The summed E-state index contributed by atoms with van der Waals surface area (Å²) < 4.78 is 42.5. The summed E-state index contributed by atoms with van der Waals surface area (Å²) in [4.78, 5) is 18.3. The predicted octanol–water partition coefficient (Wildman–Crippen LogP) is 2.69. The number of methoxy groups -OCH3 is 2. The summed E-state index contributed by atoms with van der Waals surface area (Å²) in [6.45, 7) is 2.94. The molecule has 36 heavy (non-hydrogen) atoms. The van der Waals surface area contributed by atoms with Crippen LogP contribution in [0.5, 0.6) is 11.5 Å². The number of amides is 1. The zero-order chi connectivity index (χ0) is 25.4. The van der Waals surface area contributed by atoms with E-state index in [4.69, 9.17) is 19.2 Å². The van der Waals surface area contributed by atoms with E-state index in [0.29, 0.717) is 59.1 Å². The number of nitrogens with one attached hydrogen (secondary N) is 1. The van der Waals surface area contributed by atoms with Crippen molar-refractivity contribution in [1.29, 1.82) is 0 Å². The lowest BCUT2D eigenvalue weighted by Gasteiger charge is -2.14. The average molecular weight is 515 g/mol. The number of hydrogen-bond acceptors (Lipinski definition) is 8. The molecule has 11 heteroatoms. The van der Waals surface area contributed by atoms with Crippen LogP contribution in [0.3, 0.4) is 0 Å². The van der Waals surface area contributed by atoms with E-state index in [-0.39, 0.29) is 29.6 Å². The molecule has 0 aliphatic carbocycles. The molecule has 2 unspecified atom stereocenters. The summed E-state index contributed by atoms with van der Waals surface area (Å²) in [7, 11) is -0.0172. The predicted molar refractivity (Wildman–Crippen MR) is 134 cm³/mol. The minimum absolute atomic E-state index is 0.00381. The van der Waals surface area contributed by atoms with Gasteiger partial charge in [-0.3, -0.25) is 4.79 Å². The maximum Gasteiger partial charge on any atom is 0.252 e. The molecule has 0 radical (unpaired) electrons. The molecule has 2 fully saturated rings. The van der Waals surface area contributed by atoms with Crippen LogP contribution in [0.2, 0.25) is 0 Å². The lowest BCUT2D eigenvalue weighted by atomic mass is 10.0. The lowest BCUT2D eigenvalue weighted by molar-refractivity contribution is 0.0859. The molecule has 0 saturated carbocycles. The van der Waals surface area contributed by atoms with Gasteiger partial charge in [-0.15, -0.1) is 0 Å². The third-order valence-corrected chi connectivity index (χ3v) is 8.58. The van der Waals surface area contributed by atoms with Crippen molar-refractivity contribution in [3.05, 3.63) is 35.5 Å². The Morgan fingerprint density at radius 2 is 2.00 bits per heavy atom. The number of ether oxygens (including phenoxy) is 3. The molecule has 0 bridgehead atoms. The molecule has 0 spiro atoms. The number of fused-ring (bicyclic) bond motifs is 1. The Kier molecular flexibility index (Phi) is 6.60. The summed E-state index contributed by atoms with van der Waals surface area (Å²) in [5.74, 6) is 0.983. The highest BCUT2D eigenvalue weighted by Crippen LogP contribution is 2.35. The molecule has 192 valence electrons. The van der Waals surface area contributed by atoms with E-state index in [1.165, 1.54) is 0 Å². The van der Waals surface area contributed by atoms with Gasteiger partial charge < -0.3 is 19.5 Å². The number of rotatable bonds is 7. The van der Waals surface area contributed by atoms with Gasteiger partial charge in [0.15, 0.2) is 27.0 Å². The van der Waals surface area contributed by atoms with E-state index < -0.39 is 9.84 Å². The number of carbonyl (C=O) groups excluding carboxylic acids is 1. The Morgan fingerprint density at radius 3 is 2.67 bits per heavy atom. The fraction of sp³-hybridized carbons (Fsp3) is 0.480. The van der Waals surface area contributed by atoms with Crippen LogP contribution < -0.4 is 14.8 Å². The number of carbonyl (C=O) groups is 1. The van der Waals surface area contributed by atoms with E-state index in [1.54, 1.807) is 37.1 Å². The monoisotopic (exact) mass is 514 g/mol. The largest absolute Gasteiger partial charge is 0.493 e. The smallest absolute Gasteiger partial charge is 0.252 e. The van der Waals surface area contributed by atoms with E-state index in [9.17, 15) is 13.2 Å². The first kappa shape index (κ1) is 24.5. The van der Waals surface area contributed by atoms with Gasteiger partial charge in [0.25, 0.3) is 5.91 Å². The van der Waals surface area contributed by atoms with Crippen LogP contribution in [0.1, 0.15) is 41.4 Å². The number of benzene rings is 1. The summed E-state index contributed by atoms with van der Waals surface area (Å²) in [5.41, 5.74) is 2.83. The first-order chi connectivity index (χ1) is 17.3. The van der Waals surface area contributed by atoms with Gasteiger partial charge >= 0.3 is 0 Å². The molecule has 10 nitrogen and oxygen atoms in total. The third kappa shape index (κ3) is 4.64. The molecular weight excluding hydrogens is 484 g/mol. The molecule has 2 atom stereocenters. The first-order valence-corrected chi connectivity index (χ1v) is 13.8. The van der Waals surface area contributed by atoms with E-state index in [1.807, 2.05) is 13.0 Å². The number of aromatic nitrogens is 3. The molecule has 2 saturated heterocycles. The highest BCUT2D eigenvalue weighted by atomic mass is 32.2. The standard InChI is InChI=1S/C25H30N4O6S/c1-15-23-19(25(30)26-13-18-5-4-9-35-18)12-20(16-6-7-21(33-2)22(11-16)34-3)27-24(23)29(28-15)17-8-10-36(31,32)14-17/h6-7,11-12,17-18H,4-5,8-10,13-14H2,1-3H3,(H,26,30). The Bertz CT molecular complexity index is 1410. The van der Waals surface area contributed by atoms with Crippen LogP contribution in [0.4, 0.5) is 0 Å². The number of hydrogen-bond donors (Lipinski definition) is 1. The second kappa shape index (κ2) is 9.70. The molecule has 1 amide bonds. The topological polar surface area (TPSA) is 122 Å². The molecule has 2 aliphatic rings. The van der Waals surface area contributed by atoms with Gasteiger partial charge in [-0.2, -0.15) is 5.10 Å². The van der Waals surface area contributed by atoms with Crippen LogP contribution in [0.25, 0.3) is 22.3 Å². The van der Waals surface area contributed by atoms with Crippen LogP contribution >= 0.6 is 0 Å². The summed E-state index contributed by atoms with van der Waals surface area (Å²) in [6, 6.07) is 6.84. The van der Waals surface area contributed by atoms with Crippen molar-refractivity contribution in [2.24, 2.45) is 0 Å². The zero-order valence-electron chi connectivity index (χ0n) is 20.6. The van der Waals surface area contributed by atoms with Crippen LogP contribution in [-0.4, -0.2) is 74.1 Å². The third-order valence-electron chi connectivity index (χ3n) is 6.83. The number of pyridine rings is 1. The van der Waals surface area contributed by atoms with Crippen molar-refractivity contribution in [2.75, 3.05) is 38.9 Å². The number of sulfone groups is 1. The normalized spacial score (nSPS) is 21.1. The first-order valence-electron chi connectivity index (χ1n) is 12.0. The van der Waals surface area contributed by atoms with Crippen molar-refractivity contribution in [3.8, 4) is 22.8 Å². The molecule has 1 aromatic carbocycles. The molecule has 1 N–H and O–H groups in total. The van der Waals surface area contributed by atoms with Crippen molar-refractivity contribution >= 4 is 26.8 Å². The highest BCUT2D eigenvalue weighted by molar-refractivity contribution is 7.91. The van der Waals surface area contributed by atoms with Crippen molar-refractivity contribution < 1.29 is 27.4 Å². The van der Waals surface area contributed by atoms with Gasteiger partial charge in [0.2, 0.25) is 0 Å².